The first kappa shape index (κ1) is 15.1. The van der Waals surface area contributed by atoms with Crippen molar-refractivity contribution in [3.8, 4) is 5.69 Å². The van der Waals surface area contributed by atoms with Crippen LogP contribution < -0.4 is 0 Å². The highest BCUT2D eigenvalue weighted by atomic mass is 79.9. The van der Waals surface area contributed by atoms with Crippen molar-refractivity contribution in [2.24, 2.45) is 4.99 Å². The first-order chi connectivity index (χ1) is 10.6. The second kappa shape index (κ2) is 6.51. The van der Waals surface area contributed by atoms with Crippen LogP contribution in [0, 0.1) is 6.92 Å². The van der Waals surface area contributed by atoms with Crippen LogP contribution in [0.5, 0.6) is 0 Å². The third kappa shape index (κ3) is 3.32. The predicted molar refractivity (Wildman–Crippen MR) is 96.9 cm³/mol. The SMILES string of the molecule is Cc1cc(C=Nc2ccc(Br)c(Cl)c2)cn1-c1ccccc1. The molecule has 1 aromatic heterocycles. The van der Waals surface area contributed by atoms with E-state index < -0.39 is 0 Å². The number of benzene rings is 2. The number of para-hydroxylation sites is 1. The molecule has 0 aliphatic rings. The standard InChI is InChI=1S/C18H14BrClN2/c1-13-9-14(12-22(13)16-5-3-2-4-6-16)11-21-15-7-8-17(19)18(20)10-15/h2-12H,1H3. The number of aliphatic imine (C=N–C) groups is 1. The van der Waals surface area contributed by atoms with Crippen molar-refractivity contribution in [1.82, 2.24) is 4.57 Å². The molecule has 0 aliphatic carbocycles. The van der Waals surface area contributed by atoms with Gasteiger partial charge >= 0.3 is 0 Å². The van der Waals surface area contributed by atoms with E-state index in [1.54, 1.807) is 0 Å². The molecule has 0 fully saturated rings. The van der Waals surface area contributed by atoms with Gasteiger partial charge in [0.25, 0.3) is 0 Å². The number of nitrogens with zero attached hydrogens (tertiary/aromatic N) is 2. The number of rotatable bonds is 3. The Bertz CT molecular complexity index is 822. The molecule has 3 rings (SSSR count). The van der Waals surface area contributed by atoms with E-state index in [4.69, 9.17) is 11.6 Å². The van der Waals surface area contributed by atoms with Gasteiger partial charge in [-0.1, -0.05) is 29.8 Å². The monoisotopic (exact) mass is 372 g/mol. The Balaban J connectivity index is 1.87. The fourth-order valence-corrected chi connectivity index (χ4v) is 2.67. The highest BCUT2D eigenvalue weighted by molar-refractivity contribution is 9.10. The van der Waals surface area contributed by atoms with Crippen molar-refractivity contribution in [3.63, 3.8) is 0 Å². The Morgan fingerprint density at radius 3 is 2.59 bits per heavy atom. The molecule has 0 saturated heterocycles. The van der Waals surface area contributed by atoms with Crippen molar-refractivity contribution >= 4 is 39.4 Å². The first-order valence-electron chi connectivity index (χ1n) is 6.87. The lowest BCUT2D eigenvalue weighted by Crippen LogP contribution is -1.93. The van der Waals surface area contributed by atoms with E-state index >= 15 is 0 Å². The summed E-state index contributed by atoms with van der Waals surface area (Å²) in [5.41, 5.74) is 4.20. The summed E-state index contributed by atoms with van der Waals surface area (Å²) in [6.07, 6.45) is 3.93. The van der Waals surface area contributed by atoms with Crippen LogP contribution >= 0.6 is 27.5 Å². The quantitative estimate of drug-likeness (QED) is 0.505. The van der Waals surface area contributed by atoms with E-state index in [-0.39, 0.29) is 0 Å². The summed E-state index contributed by atoms with van der Waals surface area (Å²) < 4.78 is 3.02. The Labute approximate surface area is 143 Å². The minimum atomic E-state index is 0.660. The van der Waals surface area contributed by atoms with Gasteiger partial charge in [-0.3, -0.25) is 4.99 Å². The Hall–Kier alpha value is -1.84. The molecule has 0 N–H and O–H groups in total. The van der Waals surface area contributed by atoms with Crippen molar-refractivity contribution in [2.45, 2.75) is 6.92 Å². The van der Waals surface area contributed by atoms with Gasteiger partial charge in [-0.25, -0.2) is 0 Å². The first-order valence-corrected chi connectivity index (χ1v) is 8.04. The lowest BCUT2D eigenvalue weighted by atomic mass is 10.3. The molecule has 110 valence electrons. The number of hydrogen-bond acceptors (Lipinski definition) is 1. The molecular formula is C18H14BrClN2. The van der Waals surface area contributed by atoms with Gasteiger partial charge in [0, 0.05) is 33.8 Å². The summed E-state index contributed by atoms with van der Waals surface area (Å²) in [4.78, 5) is 4.48. The normalized spacial score (nSPS) is 11.2. The van der Waals surface area contributed by atoms with Crippen LogP contribution in [-0.2, 0) is 0 Å². The van der Waals surface area contributed by atoms with Crippen molar-refractivity contribution < 1.29 is 0 Å². The summed E-state index contributed by atoms with van der Waals surface area (Å²) in [6.45, 7) is 2.08. The van der Waals surface area contributed by atoms with Gasteiger partial charge < -0.3 is 4.57 Å². The molecule has 3 aromatic rings. The van der Waals surface area contributed by atoms with Crippen molar-refractivity contribution in [1.29, 1.82) is 0 Å². The maximum absolute atomic E-state index is 6.08. The lowest BCUT2D eigenvalue weighted by Gasteiger charge is -2.04. The van der Waals surface area contributed by atoms with Crippen LogP contribution in [-0.4, -0.2) is 10.8 Å². The van der Waals surface area contributed by atoms with E-state index in [1.807, 2.05) is 42.6 Å². The fourth-order valence-electron chi connectivity index (χ4n) is 2.25. The van der Waals surface area contributed by atoms with Gasteiger partial charge in [0.2, 0.25) is 0 Å². The van der Waals surface area contributed by atoms with Gasteiger partial charge in [-0.2, -0.15) is 0 Å². The van der Waals surface area contributed by atoms with E-state index in [2.05, 4.69) is 56.8 Å². The van der Waals surface area contributed by atoms with Crippen molar-refractivity contribution in [2.75, 3.05) is 0 Å². The maximum atomic E-state index is 6.08. The predicted octanol–water partition coefficient (Wildman–Crippen LogP) is 5.95. The zero-order valence-electron chi connectivity index (χ0n) is 12.0. The Morgan fingerprint density at radius 2 is 1.86 bits per heavy atom. The molecule has 0 amide bonds. The van der Waals surface area contributed by atoms with Crippen LogP contribution in [0.4, 0.5) is 5.69 Å². The molecule has 1 heterocycles. The molecule has 0 atom stereocenters. The molecule has 2 nitrogen and oxygen atoms in total. The number of halogens is 2. The van der Waals surface area contributed by atoms with Gasteiger partial charge in [0.15, 0.2) is 0 Å². The molecule has 22 heavy (non-hydrogen) atoms. The molecule has 0 unspecified atom stereocenters. The van der Waals surface area contributed by atoms with Crippen LogP contribution in [0.2, 0.25) is 5.02 Å². The average Bonchev–Trinajstić information content (AvgIpc) is 2.90. The Morgan fingerprint density at radius 1 is 1.09 bits per heavy atom. The Kier molecular flexibility index (Phi) is 4.46. The van der Waals surface area contributed by atoms with Crippen LogP contribution in [0.25, 0.3) is 5.69 Å². The van der Waals surface area contributed by atoms with Gasteiger partial charge in [-0.15, -0.1) is 0 Å². The fraction of sp³-hybridized carbons (Fsp3) is 0.0556. The third-order valence-electron chi connectivity index (χ3n) is 3.33. The van der Waals surface area contributed by atoms with Gasteiger partial charge in [-0.05, 0) is 59.3 Å². The van der Waals surface area contributed by atoms with E-state index in [9.17, 15) is 0 Å². The second-order valence-electron chi connectivity index (χ2n) is 4.98. The second-order valence-corrected chi connectivity index (χ2v) is 6.24. The lowest BCUT2D eigenvalue weighted by molar-refractivity contribution is 1.02. The minimum Gasteiger partial charge on any atom is -0.321 e. The van der Waals surface area contributed by atoms with Crippen molar-refractivity contribution in [3.05, 3.63) is 81.5 Å². The molecule has 0 saturated carbocycles. The van der Waals surface area contributed by atoms with Crippen LogP contribution in [0.15, 0.2) is 70.3 Å². The van der Waals surface area contributed by atoms with Gasteiger partial charge in [0.05, 0.1) is 10.7 Å². The number of hydrogen-bond donors (Lipinski definition) is 0. The summed E-state index contributed by atoms with van der Waals surface area (Å²) in [6, 6.07) is 18.0. The minimum absolute atomic E-state index is 0.660. The summed E-state index contributed by atoms with van der Waals surface area (Å²) in [5, 5.41) is 0.660. The largest absolute Gasteiger partial charge is 0.321 e. The summed E-state index contributed by atoms with van der Waals surface area (Å²) in [7, 11) is 0. The average molecular weight is 374 g/mol. The highest BCUT2D eigenvalue weighted by Crippen LogP contribution is 2.27. The van der Waals surface area contributed by atoms with E-state index in [1.165, 1.54) is 5.69 Å². The van der Waals surface area contributed by atoms with E-state index in [0.29, 0.717) is 5.02 Å². The topological polar surface area (TPSA) is 17.3 Å². The van der Waals surface area contributed by atoms with E-state index in [0.717, 1.165) is 21.4 Å². The molecule has 2 aromatic carbocycles. The van der Waals surface area contributed by atoms with Crippen LogP contribution in [0.3, 0.4) is 0 Å². The number of aromatic nitrogens is 1. The number of aryl methyl sites for hydroxylation is 1. The molecular weight excluding hydrogens is 360 g/mol. The summed E-state index contributed by atoms with van der Waals surface area (Å²) >= 11 is 9.46. The molecule has 0 aliphatic heterocycles. The zero-order valence-corrected chi connectivity index (χ0v) is 14.3. The molecule has 0 bridgehead atoms. The zero-order chi connectivity index (χ0) is 15.5. The molecule has 0 spiro atoms. The molecule has 4 heteroatoms. The highest BCUT2D eigenvalue weighted by Gasteiger charge is 2.02. The third-order valence-corrected chi connectivity index (χ3v) is 4.57. The smallest absolute Gasteiger partial charge is 0.0645 e. The van der Waals surface area contributed by atoms with Crippen LogP contribution in [0.1, 0.15) is 11.3 Å². The summed E-state index contributed by atoms with van der Waals surface area (Å²) in [5.74, 6) is 0. The molecule has 0 radical (unpaired) electrons. The van der Waals surface area contributed by atoms with Gasteiger partial charge in [0.1, 0.15) is 0 Å². The maximum Gasteiger partial charge on any atom is 0.0645 e.